The van der Waals surface area contributed by atoms with Gasteiger partial charge in [-0.05, 0) is 53.1 Å². The predicted molar refractivity (Wildman–Crippen MR) is 90.5 cm³/mol. The quantitative estimate of drug-likeness (QED) is 0.803. The van der Waals surface area contributed by atoms with E-state index in [9.17, 15) is 0 Å². The number of hydrogen-bond acceptors (Lipinski definition) is 3. The molecule has 0 spiro atoms. The van der Waals surface area contributed by atoms with Gasteiger partial charge in [-0.2, -0.15) is 0 Å². The largest absolute Gasteiger partial charge is 0.368 e. The van der Waals surface area contributed by atoms with E-state index in [0.29, 0.717) is 0 Å². The Labute approximate surface area is 131 Å². The number of hydrogen-bond donors (Lipinski definition) is 1. The van der Waals surface area contributed by atoms with Crippen molar-refractivity contribution in [2.24, 2.45) is 0 Å². The number of likely N-dealkylation sites (N-methyl/N-ethyl adjacent to an activating group) is 1. The van der Waals surface area contributed by atoms with Crippen LogP contribution in [0.1, 0.15) is 25.8 Å². The number of halogens is 1. The topological polar surface area (TPSA) is 18.5 Å². The van der Waals surface area contributed by atoms with E-state index in [-0.39, 0.29) is 0 Å². The maximum atomic E-state index is 3.74. The Morgan fingerprint density at radius 3 is 2.50 bits per heavy atom. The van der Waals surface area contributed by atoms with E-state index in [1.54, 1.807) is 0 Å². The van der Waals surface area contributed by atoms with Gasteiger partial charge in [-0.25, -0.2) is 0 Å². The molecule has 20 heavy (non-hydrogen) atoms. The number of piperazine rings is 1. The fourth-order valence-corrected chi connectivity index (χ4v) is 3.31. The van der Waals surface area contributed by atoms with Crippen LogP contribution >= 0.6 is 15.9 Å². The normalized spacial score (nSPS) is 16.6. The van der Waals surface area contributed by atoms with E-state index >= 15 is 0 Å². The fraction of sp³-hybridized carbons (Fsp3) is 0.625. The van der Waals surface area contributed by atoms with Crippen LogP contribution in [0.2, 0.25) is 0 Å². The second-order valence-electron chi connectivity index (χ2n) is 5.38. The van der Waals surface area contributed by atoms with E-state index in [4.69, 9.17) is 0 Å². The van der Waals surface area contributed by atoms with Crippen LogP contribution < -0.4 is 10.2 Å². The van der Waals surface area contributed by atoms with Gasteiger partial charge in [-0.15, -0.1) is 0 Å². The van der Waals surface area contributed by atoms with Gasteiger partial charge in [0.25, 0.3) is 0 Å². The van der Waals surface area contributed by atoms with Gasteiger partial charge in [0.05, 0.1) is 5.69 Å². The van der Waals surface area contributed by atoms with Crippen LogP contribution in [-0.2, 0) is 6.54 Å². The molecule has 1 aliphatic heterocycles. The molecule has 1 N–H and O–H groups in total. The molecule has 112 valence electrons. The highest BCUT2D eigenvalue weighted by Crippen LogP contribution is 2.28. The van der Waals surface area contributed by atoms with Gasteiger partial charge in [0, 0.05) is 37.2 Å². The van der Waals surface area contributed by atoms with Crippen molar-refractivity contribution in [2.75, 3.05) is 44.2 Å². The molecule has 0 unspecified atom stereocenters. The second kappa shape index (κ2) is 8.01. The lowest BCUT2D eigenvalue weighted by Gasteiger charge is -2.36. The molecular weight excluding hydrogens is 314 g/mol. The van der Waals surface area contributed by atoms with Gasteiger partial charge in [-0.3, -0.25) is 0 Å². The minimum atomic E-state index is 0.955. The van der Waals surface area contributed by atoms with Gasteiger partial charge in [0.2, 0.25) is 0 Å². The average Bonchev–Trinajstić information content (AvgIpc) is 2.48. The summed E-state index contributed by atoms with van der Waals surface area (Å²) < 4.78 is 1.22. The SMILES string of the molecule is CCCNCc1ccc(N2CCN(CC)CC2)c(Br)c1. The van der Waals surface area contributed by atoms with Crippen LogP contribution in [-0.4, -0.2) is 44.2 Å². The van der Waals surface area contributed by atoms with E-state index in [0.717, 1.165) is 32.7 Å². The van der Waals surface area contributed by atoms with Gasteiger partial charge in [0.15, 0.2) is 0 Å². The van der Waals surface area contributed by atoms with E-state index in [1.807, 2.05) is 0 Å². The summed E-state index contributed by atoms with van der Waals surface area (Å²) in [6.07, 6.45) is 1.18. The lowest BCUT2D eigenvalue weighted by Crippen LogP contribution is -2.46. The van der Waals surface area contributed by atoms with Gasteiger partial charge >= 0.3 is 0 Å². The molecule has 0 aromatic heterocycles. The number of nitrogens with one attached hydrogen (secondary N) is 1. The minimum Gasteiger partial charge on any atom is -0.368 e. The van der Waals surface area contributed by atoms with Crippen LogP contribution in [0.4, 0.5) is 5.69 Å². The first-order valence-corrected chi connectivity index (χ1v) is 8.50. The summed E-state index contributed by atoms with van der Waals surface area (Å²) in [7, 11) is 0. The van der Waals surface area contributed by atoms with Crippen molar-refractivity contribution in [2.45, 2.75) is 26.8 Å². The maximum absolute atomic E-state index is 3.74. The first-order valence-electron chi connectivity index (χ1n) is 7.71. The molecule has 1 aliphatic rings. The molecule has 0 radical (unpaired) electrons. The summed E-state index contributed by atoms with van der Waals surface area (Å²) in [4.78, 5) is 4.99. The predicted octanol–water partition coefficient (Wildman–Crippen LogP) is 3.09. The number of benzene rings is 1. The molecule has 1 heterocycles. The third-order valence-electron chi connectivity index (χ3n) is 3.93. The molecule has 3 nitrogen and oxygen atoms in total. The van der Waals surface area contributed by atoms with Crippen LogP contribution in [0.3, 0.4) is 0 Å². The fourth-order valence-electron chi connectivity index (χ4n) is 2.63. The Balaban J connectivity index is 1.95. The van der Waals surface area contributed by atoms with Crippen LogP contribution in [0.15, 0.2) is 22.7 Å². The van der Waals surface area contributed by atoms with Crippen molar-refractivity contribution in [1.82, 2.24) is 10.2 Å². The molecule has 2 rings (SSSR count). The smallest absolute Gasteiger partial charge is 0.0511 e. The third-order valence-corrected chi connectivity index (χ3v) is 4.56. The Hall–Kier alpha value is -0.580. The van der Waals surface area contributed by atoms with Crippen molar-refractivity contribution in [3.63, 3.8) is 0 Å². The first kappa shape index (κ1) is 15.8. The lowest BCUT2D eigenvalue weighted by atomic mass is 10.1. The summed E-state index contributed by atoms with van der Waals surface area (Å²) in [5, 5.41) is 3.45. The molecule has 1 aromatic rings. The Morgan fingerprint density at radius 1 is 1.15 bits per heavy atom. The van der Waals surface area contributed by atoms with Crippen molar-refractivity contribution in [3.05, 3.63) is 28.2 Å². The zero-order valence-electron chi connectivity index (χ0n) is 12.7. The van der Waals surface area contributed by atoms with E-state index < -0.39 is 0 Å². The molecule has 0 amide bonds. The Morgan fingerprint density at radius 2 is 1.90 bits per heavy atom. The maximum Gasteiger partial charge on any atom is 0.0511 e. The second-order valence-corrected chi connectivity index (χ2v) is 6.24. The lowest BCUT2D eigenvalue weighted by molar-refractivity contribution is 0.271. The van der Waals surface area contributed by atoms with Crippen LogP contribution in [0, 0.1) is 0 Å². The molecular formula is C16H26BrN3. The van der Waals surface area contributed by atoms with Crippen molar-refractivity contribution in [1.29, 1.82) is 0 Å². The highest BCUT2D eigenvalue weighted by atomic mass is 79.9. The first-order chi connectivity index (χ1) is 9.74. The summed E-state index contributed by atoms with van der Waals surface area (Å²) in [5.41, 5.74) is 2.68. The molecule has 4 heteroatoms. The number of rotatable bonds is 6. The summed E-state index contributed by atoms with van der Waals surface area (Å²) in [5.74, 6) is 0. The third kappa shape index (κ3) is 4.21. The summed E-state index contributed by atoms with van der Waals surface area (Å²) in [6, 6.07) is 6.76. The van der Waals surface area contributed by atoms with Gasteiger partial charge in [-0.1, -0.05) is 19.9 Å². The highest BCUT2D eigenvalue weighted by molar-refractivity contribution is 9.10. The zero-order chi connectivity index (χ0) is 14.4. The highest BCUT2D eigenvalue weighted by Gasteiger charge is 2.17. The average molecular weight is 340 g/mol. The summed E-state index contributed by atoms with van der Waals surface area (Å²) >= 11 is 3.74. The van der Waals surface area contributed by atoms with Crippen molar-refractivity contribution >= 4 is 21.6 Å². The summed E-state index contributed by atoms with van der Waals surface area (Å²) in [6.45, 7) is 12.2. The standard InChI is InChI=1S/C16H26BrN3/c1-3-7-18-13-14-5-6-16(15(17)12-14)20-10-8-19(4-2)9-11-20/h5-6,12,18H,3-4,7-11,13H2,1-2H3. The van der Waals surface area contributed by atoms with Crippen LogP contribution in [0.25, 0.3) is 0 Å². The molecule has 0 bridgehead atoms. The minimum absolute atomic E-state index is 0.955. The monoisotopic (exact) mass is 339 g/mol. The molecule has 1 saturated heterocycles. The Bertz CT molecular complexity index is 414. The molecule has 1 aromatic carbocycles. The zero-order valence-corrected chi connectivity index (χ0v) is 14.2. The number of anilines is 1. The van der Waals surface area contributed by atoms with Crippen LogP contribution in [0.5, 0.6) is 0 Å². The molecule has 0 saturated carbocycles. The number of nitrogens with zero attached hydrogens (tertiary/aromatic N) is 2. The van der Waals surface area contributed by atoms with Crippen molar-refractivity contribution in [3.8, 4) is 0 Å². The van der Waals surface area contributed by atoms with Crippen molar-refractivity contribution < 1.29 is 0 Å². The molecule has 0 atom stereocenters. The van der Waals surface area contributed by atoms with E-state index in [1.165, 1.54) is 35.2 Å². The Kier molecular flexibility index (Phi) is 6.33. The van der Waals surface area contributed by atoms with E-state index in [2.05, 4.69) is 63.1 Å². The molecule has 1 fully saturated rings. The van der Waals surface area contributed by atoms with Gasteiger partial charge in [0.1, 0.15) is 0 Å². The molecule has 0 aliphatic carbocycles. The van der Waals surface area contributed by atoms with Gasteiger partial charge < -0.3 is 15.1 Å².